The van der Waals surface area contributed by atoms with Crippen molar-refractivity contribution in [3.05, 3.63) is 29.2 Å². The summed E-state index contributed by atoms with van der Waals surface area (Å²) in [4.78, 5) is 11.7. The summed E-state index contributed by atoms with van der Waals surface area (Å²) in [7, 11) is 1.86. The summed E-state index contributed by atoms with van der Waals surface area (Å²) in [5, 5.41) is 13.1. The predicted molar refractivity (Wildman–Crippen MR) is 62.1 cm³/mol. The highest BCUT2D eigenvalue weighted by Gasteiger charge is 2.10. The van der Waals surface area contributed by atoms with E-state index in [1.165, 1.54) is 6.07 Å². The van der Waals surface area contributed by atoms with Crippen LogP contribution >= 0.6 is 0 Å². The summed E-state index contributed by atoms with van der Waals surface area (Å²) in [6.07, 6.45) is 1.73. The van der Waals surface area contributed by atoms with Crippen molar-refractivity contribution in [3.63, 3.8) is 0 Å². The largest absolute Gasteiger partial charge is 0.382 e. The van der Waals surface area contributed by atoms with Gasteiger partial charge in [-0.3, -0.25) is 14.6 Å². The molecule has 0 aromatic carbocycles. The van der Waals surface area contributed by atoms with Gasteiger partial charge in [0.25, 0.3) is 5.91 Å². The second-order valence-electron chi connectivity index (χ2n) is 3.77. The highest BCUT2D eigenvalue weighted by atomic mass is 16.1. The quantitative estimate of drug-likeness (QED) is 0.693. The topological polar surface area (TPSA) is 102 Å². The van der Waals surface area contributed by atoms with Crippen LogP contribution < -0.4 is 11.1 Å². The number of H-pyrrole nitrogens is 1. The number of aromatic nitrogens is 4. The first-order valence-corrected chi connectivity index (χ1v) is 5.14. The van der Waals surface area contributed by atoms with Crippen molar-refractivity contribution in [2.24, 2.45) is 7.05 Å². The smallest absolute Gasteiger partial charge is 0.269 e. The molecule has 90 valence electrons. The van der Waals surface area contributed by atoms with Gasteiger partial charge in [0, 0.05) is 30.9 Å². The van der Waals surface area contributed by atoms with Crippen LogP contribution in [-0.4, -0.2) is 25.9 Å². The van der Waals surface area contributed by atoms with Crippen molar-refractivity contribution in [1.29, 1.82) is 0 Å². The molecule has 7 heteroatoms. The number of anilines is 1. The summed E-state index contributed by atoms with van der Waals surface area (Å²) >= 11 is 0. The molecule has 2 aromatic rings. The molecule has 1 amide bonds. The first-order valence-electron chi connectivity index (χ1n) is 5.14. The second kappa shape index (κ2) is 4.28. The molecule has 0 atom stereocenters. The van der Waals surface area contributed by atoms with Crippen LogP contribution in [0.5, 0.6) is 0 Å². The Balaban J connectivity index is 1.99. The van der Waals surface area contributed by atoms with Gasteiger partial charge in [0.15, 0.2) is 0 Å². The van der Waals surface area contributed by atoms with E-state index >= 15 is 0 Å². The number of amides is 1. The Hall–Kier alpha value is -2.31. The van der Waals surface area contributed by atoms with Gasteiger partial charge in [-0.15, -0.1) is 0 Å². The maximum atomic E-state index is 11.7. The van der Waals surface area contributed by atoms with Crippen molar-refractivity contribution in [2.45, 2.75) is 13.5 Å². The summed E-state index contributed by atoms with van der Waals surface area (Å²) in [5.41, 5.74) is 7.77. The van der Waals surface area contributed by atoms with E-state index < -0.39 is 0 Å². The summed E-state index contributed by atoms with van der Waals surface area (Å²) in [6, 6.07) is 1.49. The lowest BCUT2D eigenvalue weighted by atomic mass is 10.2. The zero-order chi connectivity index (χ0) is 12.4. The second-order valence-corrected chi connectivity index (χ2v) is 3.77. The van der Waals surface area contributed by atoms with Gasteiger partial charge in [0.2, 0.25) is 0 Å². The molecule has 2 rings (SSSR count). The van der Waals surface area contributed by atoms with Gasteiger partial charge in [0.05, 0.1) is 6.20 Å². The molecule has 0 bridgehead atoms. The Kier molecular flexibility index (Phi) is 2.82. The van der Waals surface area contributed by atoms with Gasteiger partial charge in [-0.2, -0.15) is 10.2 Å². The van der Waals surface area contributed by atoms with Gasteiger partial charge in [-0.25, -0.2) is 0 Å². The lowest BCUT2D eigenvalue weighted by Gasteiger charge is -2.02. The number of nitrogen functional groups attached to an aromatic ring is 1. The number of nitrogens with two attached hydrogens (primary N) is 1. The van der Waals surface area contributed by atoms with Gasteiger partial charge >= 0.3 is 0 Å². The number of nitrogens with one attached hydrogen (secondary N) is 2. The van der Waals surface area contributed by atoms with Crippen LogP contribution in [0.1, 0.15) is 21.7 Å². The standard InChI is InChI=1S/C10H14N6O/c1-6-7(5-13-16(6)2)4-12-10(17)8-3-9(11)15-14-8/h3,5H,4H2,1-2H3,(H,12,17)(H3,11,14,15). The SMILES string of the molecule is Cc1c(CNC(=O)c2cc(N)n[nH]2)cnn1C. The van der Waals surface area contributed by atoms with E-state index in [1.807, 2.05) is 14.0 Å². The minimum atomic E-state index is -0.238. The number of rotatable bonds is 3. The Bertz CT molecular complexity index is 541. The van der Waals surface area contributed by atoms with E-state index in [0.29, 0.717) is 18.1 Å². The Labute approximate surface area is 98.0 Å². The maximum absolute atomic E-state index is 11.7. The average Bonchev–Trinajstić information content (AvgIpc) is 2.86. The molecule has 0 radical (unpaired) electrons. The predicted octanol–water partition coefficient (Wildman–Crippen LogP) is -0.0362. The fourth-order valence-electron chi connectivity index (χ4n) is 1.44. The normalized spacial score (nSPS) is 10.5. The van der Waals surface area contributed by atoms with E-state index in [2.05, 4.69) is 20.6 Å². The van der Waals surface area contributed by atoms with E-state index in [0.717, 1.165) is 11.3 Å². The lowest BCUT2D eigenvalue weighted by molar-refractivity contribution is 0.0946. The number of carbonyl (C=O) groups is 1. The molecule has 0 aliphatic heterocycles. The molecular formula is C10H14N6O. The summed E-state index contributed by atoms with van der Waals surface area (Å²) < 4.78 is 1.76. The molecule has 0 spiro atoms. The number of hydrogen-bond donors (Lipinski definition) is 3. The van der Waals surface area contributed by atoms with Crippen molar-refractivity contribution in [3.8, 4) is 0 Å². The number of hydrogen-bond acceptors (Lipinski definition) is 4. The Morgan fingerprint density at radius 3 is 2.94 bits per heavy atom. The van der Waals surface area contributed by atoms with Crippen LogP contribution in [0.15, 0.2) is 12.3 Å². The molecule has 2 heterocycles. The van der Waals surface area contributed by atoms with Crippen LogP contribution in [0.4, 0.5) is 5.82 Å². The zero-order valence-electron chi connectivity index (χ0n) is 9.69. The minimum absolute atomic E-state index is 0.238. The van der Waals surface area contributed by atoms with Gasteiger partial charge in [-0.05, 0) is 6.92 Å². The van der Waals surface area contributed by atoms with Crippen molar-refractivity contribution in [1.82, 2.24) is 25.3 Å². The Morgan fingerprint density at radius 1 is 1.65 bits per heavy atom. The molecule has 0 aliphatic rings. The highest BCUT2D eigenvalue weighted by molar-refractivity contribution is 5.92. The van der Waals surface area contributed by atoms with E-state index in [-0.39, 0.29) is 5.91 Å². The van der Waals surface area contributed by atoms with E-state index in [1.54, 1.807) is 10.9 Å². The number of carbonyl (C=O) groups excluding carboxylic acids is 1. The molecule has 0 saturated carbocycles. The first-order chi connectivity index (χ1) is 8.08. The van der Waals surface area contributed by atoms with E-state index in [4.69, 9.17) is 5.73 Å². The molecular weight excluding hydrogens is 220 g/mol. The fourth-order valence-corrected chi connectivity index (χ4v) is 1.44. The van der Waals surface area contributed by atoms with Crippen LogP contribution in [-0.2, 0) is 13.6 Å². The fraction of sp³-hybridized carbons (Fsp3) is 0.300. The summed E-state index contributed by atoms with van der Waals surface area (Å²) in [6.45, 7) is 2.38. The molecule has 2 aromatic heterocycles. The molecule has 0 unspecified atom stereocenters. The molecule has 17 heavy (non-hydrogen) atoms. The molecule has 4 N–H and O–H groups in total. The summed E-state index contributed by atoms with van der Waals surface area (Å²) in [5.74, 6) is 0.0603. The van der Waals surface area contributed by atoms with Crippen LogP contribution in [0, 0.1) is 6.92 Å². The van der Waals surface area contributed by atoms with Crippen LogP contribution in [0.3, 0.4) is 0 Å². The van der Waals surface area contributed by atoms with Crippen LogP contribution in [0.2, 0.25) is 0 Å². The third kappa shape index (κ3) is 2.27. The molecule has 7 nitrogen and oxygen atoms in total. The third-order valence-electron chi connectivity index (χ3n) is 2.62. The molecule has 0 aliphatic carbocycles. The number of nitrogens with zero attached hydrogens (tertiary/aromatic N) is 3. The van der Waals surface area contributed by atoms with Gasteiger partial charge in [-0.1, -0.05) is 0 Å². The average molecular weight is 234 g/mol. The highest BCUT2D eigenvalue weighted by Crippen LogP contribution is 2.06. The monoisotopic (exact) mass is 234 g/mol. The first kappa shape index (κ1) is 11.2. The zero-order valence-corrected chi connectivity index (χ0v) is 9.69. The molecule has 0 fully saturated rings. The van der Waals surface area contributed by atoms with Crippen molar-refractivity contribution in [2.75, 3.05) is 5.73 Å². The maximum Gasteiger partial charge on any atom is 0.269 e. The molecule has 0 saturated heterocycles. The third-order valence-corrected chi connectivity index (χ3v) is 2.62. The minimum Gasteiger partial charge on any atom is -0.382 e. The number of aryl methyl sites for hydroxylation is 1. The lowest BCUT2D eigenvalue weighted by Crippen LogP contribution is -2.23. The van der Waals surface area contributed by atoms with Gasteiger partial charge < -0.3 is 11.1 Å². The van der Waals surface area contributed by atoms with E-state index in [9.17, 15) is 4.79 Å². The Morgan fingerprint density at radius 2 is 2.41 bits per heavy atom. The van der Waals surface area contributed by atoms with Crippen LogP contribution in [0.25, 0.3) is 0 Å². The van der Waals surface area contributed by atoms with Gasteiger partial charge in [0.1, 0.15) is 11.5 Å². The van der Waals surface area contributed by atoms with Crippen molar-refractivity contribution >= 4 is 11.7 Å². The number of aromatic amines is 1. The van der Waals surface area contributed by atoms with Crippen molar-refractivity contribution < 1.29 is 4.79 Å².